The first kappa shape index (κ1) is 16.4. The van der Waals surface area contributed by atoms with Gasteiger partial charge in [-0.2, -0.15) is 0 Å². The lowest BCUT2D eigenvalue weighted by Gasteiger charge is -2.10. The molecule has 20 heavy (non-hydrogen) atoms. The summed E-state index contributed by atoms with van der Waals surface area (Å²) >= 11 is 11.5. The van der Waals surface area contributed by atoms with Crippen LogP contribution in [0.1, 0.15) is 13.3 Å². The minimum absolute atomic E-state index is 0.0272. The third kappa shape index (κ3) is 5.14. The van der Waals surface area contributed by atoms with E-state index >= 15 is 0 Å². The topological polar surface area (TPSA) is 87.7 Å². The fraction of sp³-hybridized carbons (Fsp3) is 0.333. The Balaban J connectivity index is 2.49. The minimum atomic E-state index is -0.595. The number of aromatic hydroxyl groups is 1. The highest BCUT2D eigenvalue weighted by Gasteiger charge is 2.11. The number of benzene rings is 1. The van der Waals surface area contributed by atoms with E-state index in [1.807, 2.05) is 0 Å². The van der Waals surface area contributed by atoms with Crippen molar-refractivity contribution in [2.24, 2.45) is 0 Å². The van der Waals surface area contributed by atoms with Crippen LogP contribution in [-0.4, -0.2) is 30.3 Å². The zero-order valence-corrected chi connectivity index (χ0v) is 12.2. The van der Waals surface area contributed by atoms with Gasteiger partial charge < -0.3 is 20.5 Å². The molecule has 0 spiro atoms. The highest BCUT2D eigenvalue weighted by molar-refractivity contribution is 6.36. The molecule has 1 rings (SSSR count). The van der Waals surface area contributed by atoms with Gasteiger partial charge in [-0.25, -0.2) is 4.79 Å². The summed E-state index contributed by atoms with van der Waals surface area (Å²) in [7, 11) is 0. The van der Waals surface area contributed by atoms with Crippen molar-refractivity contribution >= 4 is 40.9 Å². The number of carbonyl (C=O) groups excluding carboxylic acids is 2. The van der Waals surface area contributed by atoms with E-state index < -0.39 is 12.0 Å². The van der Waals surface area contributed by atoms with Gasteiger partial charge in [-0.05, 0) is 19.1 Å². The molecular formula is C12H14Cl2N2O4. The number of phenols is 1. The van der Waals surface area contributed by atoms with Gasteiger partial charge >= 0.3 is 12.0 Å². The smallest absolute Gasteiger partial charge is 0.319 e. The van der Waals surface area contributed by atoms with Crippen LogP contribution < -0.4 is 10.6 Å². The highest BCUT2D eigenvalue weighted by Crippen LogP contribution is 2.34. The third-order valence-electron chi connectivity index (χ3n) is 2.20. The SMILES string of the molecule is CCOC(=O)CCNC(=O)Nc1cc(Cl)cc(Cl)c1O. The van der Waals surface area contributed by atoms with Gasteiger partial charge in [0.1, 0.15) is 0 Å². The molecule has 6 nitrogen and oxygen atoms in total. The molecule has 0 aromatic heterocycles. The molecule has 0 unspecified atom stereocenters. The fourth-order valence-corrected chi connectivity index (χ4v) is 1.83. The van der Waals surface area contributed by atoms with Gasteiger partial charge in [0.2, 0.25) is 0 Å². The molecule has 0 heterocycles. The lowest BCUT2D eigenvalue weighted by Crippen LogP contribution is -2.30. The van der Waals surface area contributed by atoms with Crippen LogP contribution in [0, 0.1) is 0 Å². The largest absolute Gasteiger partial charge is 0.504 e. The molecule has 0 aliphatic carbocycles. The van der Waals surface area contributed by atoms with Crippen molar-refractivity contribution in [3.05, 3.63) is 22.2 Å². The summed E-state index contributed by atoms with van der Waals surface area (Å²) < 4.78 is 4.71. The Morgan fingerprint density at radius 2 is 2.05 bits per heavy atom. The molecule has 0 atom stereocenters. The van der Waals surface area contributed by atoms with E-state index in [0.29, 0.717) is 6.61 Å². The molecule has 0 aliphatic heterocycles. The lowest BCUT2D eigenvalue weighted by atomic mass is 10.3. The number of hydrogen-bond acceptors (Lipinski definition) is 4. The number of carbonyl (C=O) groups is 2. The maximum Gasteiger partial charge on any atom is 0.319 e. The lowest BCUT2D eigenvalue weighted by molar-refractivity contribution is -0.142. The summed E-state index contributed by atoms with van der Waals surface area (Å²) in [5, 5.41) is 14.8. The van der Waals surface area contributed by atoms with Crippen LogP contribution in [0.3, 0.4) is 0 Å². The summed E-state index contributed by atoms with van der Waals surface area (Å²) in [6, 6.07) is 2.11. The van der Waals surface area contributed by atoms with Gasteiger partial charge in [-0.3, -0.25) is 4.79 Å². The van der Waals surface area contributed by atoms with E-state index in [2.05, 4.69) is 10.6 Å². The number of hydrogen-bond donors (Lipinski definition) is 3. The number of esters is 1. The number of ether oxygens (including phenoxy) is 1. The standard InChI is InChI=1S/C12H14Cl2N2O4/c1-2-20-10(17)3-4-15-12(19)16-9-6-7(13)5-8(14)11(9)18/h5-6,18H,2-4H2,1H3,(H2,15,16,19). The molecule has 1 aromatic carbocycles. The van der Waals surface area contributed by atoms with Gasteiger partial charge in [0, 0.05) is 11.6 Å². The van der Waals surface area contributed by atoms with Gasteiger partial charge in [0.25, 0.3) is 0 Å². The number of urea groups is 1. The van der Waals surface area contributed by atoms with Crippen LogP contribution in [0.2, 0.25) is 10.0 Å². The number of amides is 2. The Labute approximate surface area is 126 Å². The van der Waals surface area contributed by atoms with Gasteiger partial charge in [0.15, 0.2) is 5.75 Å². The second kappa shape index (κ2) is 7.81. The maximum atomic E-state index is 11.6. The molecule has 2 amide bonds. The van der Waals surface area contributed by atoms with Crippen molar-refractivity contribution in [1.29, 1.82) is 0 Å². The summed E-state index contributed by atoms with van der Waals surface area (Å²) in [4.78, 5) is 22.6. The number of phenolic OH excluding ortho intramolecular Hbond substituents is 1. The Bertz CT molecular complexity index is 508. The quantitative estimate of drug-likeness (QED) is 0.575. The van der Waals surface area contributed by atoms with E-state index in [1.165, 1.54) is 12.1 Å². The van der Waals surface area contributed by atoms with E-state index in [0.717, 1.165) is 0 Å². The average Bonchev–Trinajstić information content (AvgIpc) is 2.35. The summed E-state index contributed by atoms with van der Waals surface area (Å²) in [5.74, 6) is -0.682. The molecular weight excluding hydrogens is 307 g/mol. The number of anilines is 1. The van der Waals surface area contributed by atoms with Crippen molar-refractivity contribution in [2.75, 3.05) is 18.5 Å². The Hall–Kier alpha value is -1.66. The predicted octanol–water partition coefficient (Wildman–Crippen LogP) is 2.77. The van der Waals surface area contributed by atoms with Crippen LogP contribution in [0.15, 0.2) is 12.1 Å². The minimum Gasteiger partial charge on any atom is -0.504 e. The normalized spacial score (nSPS) is 9.95. The average molecular weight is 321 g/mol. The number of nitrogens with one attached hydrogen (secondary N) is 2. The van der Waals surface area contributed by atoms with Gasteiger partial charge in [0.05, 0.1) is 23.7 Å². The molecule has 110 valence electrons. The monoisotopic (exact) mass is 320 g/mol. The third-order valence-corrected chi connectivity index (χ3v) is 2.70. The van der Waals surface area contributed by atoms with Crippen LogP contribution in [0.25, 0.3) is 0 Å². The molecule has 1 aromatic rings. The van der Waals surface area contributed by atoms with Crippen molar-refractivity contribution in [1.82, 2.24) is 5.32 Å². The number of halogens is 2. The van der Waals surface area contributed by atoms with Crippen LogP contribution in [0.5, 0.6) is 5.75 Å². The Kier molecular flexibility index (Phi) is 6.41. The van der Waals surface area contributed by atoms with Crippen LogP contribution >= 0.6 is 23.2 Å². The second-order valence-electron chi connectivity index (χ2n) is 3.72. The van der Waals surface area contributed by atoms with Gasteiger partial charge in [-0.1, -0.05) is 23.2 Å². The zero-order chi connectivity index (χ0) is 15.1. The summed E-state index contributed by atoms with van der Waals surface area (Å²) in [5.41, 5.74) is 0.0798. The molecule has 8 heteroatoms. The van der Waals surface area contributed by atoms with E-state index in [4.69, 9.17) is 27.9 Å². The molecule has 0 radical (unpaired) electrons. The highest BCUT2D eigenvalue weighted by atomic mass is 35.5. The van der Waals surface area contributed by atoms with Crippen LogP contribution in [-0.2, 0) is 9.53 Å². The van der Waals surface area contributed by atoms with E-state index in [9.17, 15) is 14.7 Å². The molecule has 3 N–H and O–H groups in total. The molecule has 0 saturated carbocycles. The first-order valence-electron chi connectivity index (χ1n) is 5.82. The molecule has 0 saturated heterocycles. The first-order valence-corrected chi connectivity index (χ1v) is 6.58. The van der Waals surface area contributed by atoms with E-state index in [1.54, 1.807) is 6.92 Å². The maximum absolute atomic E-state index is 11.6. The Morgan fingerprint density at radius 1 is 1.35 bits per heavy atom. The molecule has 0 aliphatic rings. The van der Waals surface area contributed by atoms with Crippen LogP contribution in [0.4, 0.5) is 10.5 Å². The summed E-state index contributed by atoms with van der Waals surface area (Å²) in [6.45, 7) is 2.10. The molecule has 0 bridgehead atoms. The number of rotatable bonds is 5. The van der Waals surface area contributed by atoms with E-state index in [-0.39, 0.29) is 34.4 Å². The van der Waals surface area contributed by atoms with Gasteiger partial charge in [-0.15, -0.1) is 0 Å². The summed E-state index contributed by atoms with van der Waals surface area (Å²) in [6.07, 6.45) is 0.0591. The van der Waals surface area contributed by atoms with Crippen molar-refractivity contribution in [3.63, 3.8) is 0 Å². The second-order valence-corrected chi connectivity index (χ2v) is 4.56. The van der Waals surface area contributed by atoms with Crippen molar-refractivity contribution in [3.8, 4) is 5.75 Å². The molecule has 0 fully saturated rings. The van der Waals surface area contributed by atoms with Crippen molar-refractivity contribution in [2.45, 2.75) is 13.3 Å². The van der Waals surface area contributed by atoms with Crippen molar-refractivity contribution < 1.29 is 19.4 Å². The predicted molar refractivity (Wildman–Crippen MR) is 76.4 cm³/mol. The first-order chi connectivity index (χ1) is 9.43. The zero-order valence-electron chi connectivity index (χ0n) is 10.7. The Morgan fingerprint density at radius 3 is 2.70 bits per heavy atom. The fourth-order valence-electron chi connectivity index (χ4n) is 1.34.